The number of anilines is 1. The van der Waals surface area contributed by atoms with Crippen LogP contribution in [0.15, 0.2) is 61.3 Å². The smallest absolute Gasteiger partial charge is 0.269 e. The number of hydrogen-bond donors (Lipinski definition) is 1. The van der Waals surface area contributed by atoms with Crippen molar-refractivity contribution in [1.29, 1.82) is 0 Å². The number of non-ortho nitro benzene ring substituents is 1. The SMILES string of the molecule is O=C(Nc1ncc(S(=O)(=O)c2ccc([N+](=O)[O-])cc2)s1)C1CCCCN1S(=O)(=O)c1cccs1. The Morgan fingerprint density at radius 3 is 2.50 bits per heavy atom. The molecule has 11 nitrogen and oxygen atoms in total. The van der Waals surface area contributed by atoms with Crippen molar-refractivity contribution in [2.24, 2.45) is 0 Å². The summed E-state index contributed by atoms with van der Waals surface area (Å²) < 4.78 is 52.8. The normalized spacial score (nSPS) is 17.4. The van der Waals surface area contributed by atoms with E-state index in [-0.39, 0.29) is 30.7 Å². The number of aromatic nitrogens is 1. The minimum Gasteiger partial charge on any atom is -0.301 e. The molecular weight excluding hydrogens is 524 g/mol. The first-order valence-corrected chi connectivity index (χ1v) is 14.5. The van der Waals surface area contributed by atoms with Crippen molar-refractivity contribution in [2.75, 3.05) is 11.9 Å². The summed E-state index contributed by atoms with van der Waals surface area (Å²) in [7, 11) is -7.85. The first-order chi connectivity index (χ1) is 16.1. The van der Waals surface area contributed by atoms with E-state index in [0.717, 1.165) is 41.8 Å². The van der Waals surface area contributed by atoms with Gasteiger partial charge in [-0.2, -0.15) is 4.31 Å². The van der Waals surface area contributed by atoms with Crippen molar-refractivity contribution in [3.05, 3.63) is 58.1 Å². The van der Waals surface area contributed by atoms with Gasteiger partial charge in [0.05, 0.1) is 16.0 Å². The maximum atomic E-state index is 13.0. The summed E-state index contributed by atoms with van der Waals surface area (Å²) in [5, 5.41) is 15.0. The van der Waals surface area contributed by atoms with Gasteiger partial charge in [0.1, 0.15) is 14.5 Å². The highest BCUT2D eigenvalue weighted by atomic mass is 32.2. The lowest BCUT2D eigenvalue weighted by molar-refractivity contribution is -0.384. The first kappa shape index (κ1) is 24.4. The molecule has 1 atom stereocenters. The Morgan fingerprint density at radius 1 is 1.12 bits per heavy atom. The predicted octanol–water partition coefficient (Wildman–Crippen LogP) is 3.13. The van der Waals surface area contributed by atoms with Crippen molar-refractivity contribution in [1.82, 2.24) is 9.29 Å². The summed E-state index contributed by atoms with van der Waals surface area (Å²) in [4.78, 5) is 26.9. The molecule has 1 N–H and O–H groups in total. The molecule has 1 amide bonds. The zero-order valence-corrected chi connectivity index (χ0v) is 20.6. The van der Waals surface area contributed by atoms with E-state index in [2.05, 4.69) is 10.3 Å². The molecule has 1 saturated heterocycles. The van der Waals surface area contributed by atoms with Crippen LogP contribution in [0.4, 0.5) is 10.8 Å². The minimum absolute atomic E-state index is 0.00420. The number of sulfonamides is 1. The van der Waals surface area contributed by atoms with Gasteiger partial charge in [-0.05, 0) is 36.4 Å². The number of piperidine rings is 1. The van der Waals surface area contributed by atoms with E-state index in [1.165, 1.54) is 10.4 Å². The third-order valence-electron chi connectivity index (χ3n) is 5.15. The van der Waals surface area contributed by atoms with E-state index in [1.807, 2.05) is 0 Å². The van der Waals surface area contributed by atoms with Crippen LogP contribution in [0.1, 0.15) is 19.3 Å². The largest absolute Gasteiger partial charge is 0.301 e. The average molecular weight is 543 g/mol. The van der Waals surface area contributed by atoms with Crippen molar-refractivity contribution < 1.29 is 26.6 Å². The van der Waals surface area contributed by atoms with Gasteiger partial charge in [0.25, 0.3) is 15.7 Å². The molecule has 0 spiro atoms. The number of nitro benzene ring substituents is 1. The van der Waals surface area contributed by atoms with E-state index in [1.54, 1.807) is 11.4 Å². The van der Waals surface area contributed by atoms with Crippen LogP contribution in [0.3, 0.4) is 0 Å². The molecule has 1 aliphatic rings. The number of nitrogens with zero attached hydrogens (tertiary/aromatic N) is 3. The van der Waals surface area contributed by atoms with Crippen LogP contribution in [0.2, 0.25) is 0 Å². The third kappa shape index (κ3) is 4.74. The number of rotatable bonds is 7. The molecule has 0 radical (unpaired) electrons. The van der Waals surface area contributed by atoms with Crippen molar-refractivity contribution in [3.63, 3.8) is 0 Å². The molecule has 4 rings (SSSR count). The zero-order chi connectivity index (χ0) is 24.5. The molecule has 0 saturated carbocycles. The van der Waals surface area contributed by atoms with Crippen LogP contribution in [-0.2, 0) is 24.7 Å². The second kappa shape index (κ2) is 9.50. The topological polar surface area (TPSA) is 157 Å². The van der Waals surface area contributed by atoms with Crippen molar-refractivity contribution in [3.8, 4) is 0 Å². The van der Waals surface area contributed by atoms with E-state index in [4.69, 9.17) is 0 Å². The molecule has 3 aromatic rings. The lowest BCUT2D eigenvalue weighted by Crippen LogP contribution is -2.49. The van der Waals surface area contributed by atoms with Gasteiger partial charge in [-0.15, -0.1) is 11.3 Å². The summed E-state index contributed by atoms with van der Waals surface area (Å²) in [5.74, 6) is -0.589. The monoisotopic (exact) mass is 542 g/mol. The Hall–Kier alpha value is -2.72. The number of carbonyl (C=O) groups is 1. The lowest BCUT2D eigenvalue weighted by Gasteiger charge is -2.32. The number of thiazole rings is 1. The molecule has 3 heterocycles. The second-order valence-corrected chi connectivity index (χ2v) is 13.6. The van der Waals surface area contributed by atoms with E-state index >= 15 is 0 Å². The number of benzene rings is 1. The molecule has 1 aromatic carbocycles. The summed E-state index contributed by atoms with van der Waals surface area (Å²) in [5.41, 5.74) is -0.245. The minimum atomic E-state index is -4.01. The highest BCUT2D eigenvalue weighted by Crippen LogP contribution is 2.31. The first-order valence-electron chi connectivity index (χ1n) is 9.92. The summed E-state index contributed by atoms with van der Waals surface area (Å²) in [6.45, 7) is 0.204. The van der Waals surface area contributed by atoms with Crippen LogP contribution >= 0.6 is 22.7 Å². The van der Waals surface area contributed by atoms with Crippen LogP contribution < -0.4 is 5.32 Å². The predicted molar refractivity (Wildman–Crippen MR) is 125 cm³/mol. The Balaban J connectivity index is 1.53. The number of amides is 1. The molecule has 0 aliphatic carbocycles. The Kier molecular flexibility index (Phi) is 6.82. The number of nitro groups is 1. The second-order valence-electron chi connectivity index (χ2n) is 7.29. The van der Waals surface area contributed by atoms with E-state index in [0.29, 0.717) is 30.6 Å². The Labute approximate surface area is 203 Å². The molecule has 15 heteroatoms. The molecule has 2 aromatic heterocycles. The fourth-order valence-electron chi connectivity index (χ4n) is 3.47. The standard InChI is InChI=1S/C19H18N4O7S4/c24-18(15-4-1-2-10-22(15)34(29,30)16-5-3-11-31-16)21-19-20-12-17(32-19)33(27,28)14-8-6-13(7-9-14)23(25)26/h3,5-9,11-12,15H,1-2,4,10H2,(H,20,21,24). The van der Waals surface area contributed by atoms with Gasteiger partial charge < -0.3 is 5.32 Å². The van der Waals surface area contributed by atoms with Crippen LogP contribution in [0.5, 0.6) is 0 Å². The van der Waals surface area contributed by atoms with E-state index < -0.39 is 36.7 Å². The Morgan fingerprint density at radius 2 is 1.85 bits per heavy atom. The molecule has 1 unspecified atom stereocenters. The maximum Gasteiger partial charge on any atom is 0.269 e. The molecule has 180 valence electrons. The molecular formula is C19H18N4O7S4. The number of nitrogens with one attached hydrogen (secondary N) is 1. The van der Waals surface area contributed by atoms with Crippen LogP contribution in [-0.4, -0.2) is 49.5 Å². The van der Waals surface area contributed by atoms with Crippen molar-refractivity contribution in [2.45, 2.75) is 38.6 Å². The molecule has 0 bridgehead atoms. The van der Waals surface area contributed by atoms with E-state index in [9.17, 15) is 31.7 Å². The molecule has 1 aliphatic heterocycles. The highest BCUT2D eigenvalue weighted by Gasteiger charge is 2.38. The number of hydrogen-bond acceptors (Lipinski definition) is 10. The van der Waals surface area contributed by atoms with Crippen LogP contribution in [0, 0.1) is 10.1 Å². The van der Waals surface area contributed by atoms with Gasteiger partial charge in [0.2, 0.25) is 15.7 Å². The molecule has 34 heavy (non-hydrogen) atoms. The van der Waals surface area contributed by atoms with Gasteiger partial charge in [-0.3, -0.25) is 14.9 Å². The molecule has 1 fully saturated rings. The Bertz CT molecular complexity index is 1420. The summed E-state index contributed by atoms with van der Waals surface area (Å²) >= 11 is 1.79. The van der Waals surface area contributed by atoms with Crippen LogP contribution in [0.25, 0.3) is 0 Å². The summed E-state index contributed by atoms with van der Waals surface area (Å²) in [6, 6.07) is 6.59. The number of sulfone groups is 1. The number of carbonyl (C=O) groups excluding carboxylic acids is 1. The highest BCUT2D eigenvalue weighted by molar-refractivity contribution is 7.93. The van der Waals surface area contributed by atoms with Crippen molar-refractivity contribution >= 4 is 59.3 Å². The number of thiophene rings is 1. The fraction of sp³-hybridized carbons (Fsp3) is 0.263. The van der Waals surface area contributed by atoms with Gasteiger partial charge in [-0.25, -0.2) is 21.8 Å². The van der Waals surface area contributed by atoms with Gasteiger partial charge >= 0.3 is 0 Å². The van der Waals surface area contributed by atoms with Gasteiger partial charge in [-0.1, -0.05) is 23.8 Å². The zero-order valence-electron chi connectivity index (χ0n) is 17.4. The van der Waals surface area contributed by atoms with Gasteiger partial charge in [0.15, 0.2) is 5.13 Å². The lowest BCUT2D eigenvalue weighted by atomic mass is 10.0. The summed E-state index contributed by atoms with van der Waals surface area (Å²) in [6.07, 6.45) is 2.71. The third-order valence-corrected chi connectivity index (χ3v) is 11.6. The maximum absolute atomic E-state index is 13.0. The fourth-order valence-corrected chi connectivity index (χ4v) is 8.69. The van der Waals surface area contributed by atoms with Gasteiger partial charge in [0, 0.05) is 18.7 Å². The quantitative estimate of drug-likeness (QED) is 0.352. The average Bonchev–Trinajstić information content (AvgIpc) is 3.52.